The second kappa shape index (κ2) is 30.1. The van der Waals surface area contributed by atoms with E-state index in [1.165, 1.54) is 30.5 Å². The zero-order valence-corrected chi connectivity index (χ0v) is 60.5. The van der Waals surface area contributed by atoms with Gasteiger partial charge in [-0.1, -0.05) is 51.7 Å². The molecule has 6 heterocycles. The highest BCUT2D eigenvalue weighted by Crippen LogP contribution is 2.52. The second-order valence-corrected chi connectivity index (χ2v) is 32.3. The van der Waals surface area contributed by atoms with Crippen molar-refractivity contribution in [3.05, 3.63) is 166 Å². The monoisotopic (exact) mass is 1460 g/mol. The highest BCUT2D eigenvalue weighted by atomic mass is 32.2. The summed E-state index contributed by atoms with van der Waals surface area (Å²) in [5.74, 6) is 0.0212. The molecule has 0 bridgehead atoms. The summed E-state index contributed by atoms with van der Waals surface area (Å²) in [7, 11) is -20.0. The molecular formula is C72H84N9O16S4+. The zero-order valence-electron chi connectivity index (χ0n) is 57.2. The molecule has 2 amide bonds. The number of hydrogen-bond donors (Lipinski definition) is 8. The number of aryl methyl sites for hydroxylation is 3. The van der Waals surface area contributed by atoms with Gasteiger partial charge in [0.15, 0.2) is 5.71 Å². The molecule has 3 aliphatic heterocycles. The lowest BCUT2D eigenvalue weighted by Gasteiger charge is -2.26. The van der Waals surface area contributed by atoms with E-state index in [9.17, 15) is 71.4 Å². The number of fused-ring (bicyclic) bond motifs is 7. The molecule has 0 unspecified atom stereocenters. The summed E-state index contributed by atoms with van der Waals surface area (Å²) in [6.45, 7) is 15.2. The molecule has 0 fully saturated rings. The lowest BCUT2D eigenvalue weighted by atomic mass is 9.79. The molecular weight excluding hydrogens is 1380 g/mol. The highest BCUT2D eigenvalue weighted by Gasteiger charge is 2.46. The maximum Gasteiger partial charge on any atom is 0.303 e. The van der Waals surface area contributed by atoms with Crippen LogP contribution in [0.4, 0.5) is 17.2 Å². The maximum absolute atomic E-state index is 13.7. The van der Waals surface area contributed by atoms with Gasteiger partial charge in [-0.3, -0.25) is 37.6 Å². The van der Waals surface area contributed by atoms with E-state index in [1.54, 1.807) is 55.7 Å². The third-order valence-corrected chi connectivity index (χ3v) is 22.6. The predicted molar refractivity (Wildman–Crippen MR) is 383 cm³/mol. The summed E-state index contributed by atoms with van der Waals surface area (Å²) >= 11 is 0. The summed E-state index contributed by atoms with van der Waals surface area (Å²) < 4.78 is 145. The molecule has 29 heteroatoms. The van der Waals surface area contributed by atoms with Gasteiger partial charge in [0.1, 0.15) is 28.0 Å². The van der Waals surface area contributed by atoms with E-state index in [-0.39, 0.29) is 57.7 Å². The van der Waals surface area contributed by atoms with Crippen LogP contribution in [0.3, 0.4) is 0 Å². The molecule has 3 aromatic heterocycles. The Labute approximate surface area is 588 Å². The predicted octanol–water partition coefficient (Wildman–Crippen LogP) is 11.3. The molecule has 10 rings (SSSR count). The Morgan fingerprint density at radius 1 is 0.713 bits per heavy atom. The second-order valence-electron chi connectivity index (χ2n) is 26.7. The number of unbranched alkanes of at least 4 members (excludes halogenated alkanes) is 5. The van der Waals surface area contributed by atoms with Crippen LogP contribution in [-0.4, -0.2) is 131 Å². The normalized spacial score (nSPS) is 16.0. The van der Waals surface area contributed by atoms with Crippen LogP contribution in [0.15, 0.2) is 135 Å². The van der Waals surface area contributed by atoms with Crippen LogP contribution in [0.5, 0.6) is 0 Å². The van der Waals surface area contributed by atoms with Crippen LogP contribution in [0.1, 0.15) is 173 Å². The van der Waals surface area contributed by atoms with Crippen molar-refractivity contribution in [3.8, 4) is 0 Å². The molecule has 0 aliphatic carbocycles. The Bertz CT molecular complexity index is 5060. The minimum Gasteiger partial charge on any atom is -0.481 e. The number of allylic oxidation sites excluding steroid dienone is 6. The largest absolute Gasteiger partial charge is 0.481 e. The molecule has 3 aliphatic rings. The number of nitrogens with one attached hydrogen (secondary N) is 3. The molecule has 101 heavy (non-hydrogen) atoms. The lowest BCUT2D eigenvalue weighted by molar-refractivity contribution is -0.433. The zero-order chi connectivity index (χ0) is 73.1. The van der Waals surface area contributed by atoms with Crippen LogP contribution >= 0.6 is 0 Å². The molecule has 7 aromatic rings. The van der Waals surface area contributed by atoms with Crippen molar-refractivity contribution in [2.75, 3.05) is 36.4 Å². The Morgan fingerprint density at radius 3 is 1.97 bits per heavy atom. The van der Waals surface area contributed by atoms with Gasteiger partial charge in [-0.05, 0) is 185 Å². The quantitative estimate of drug-likeness (QED) is 0.00934. The average Bonchev–Trinajstić information content (AvgIpc) is 1.59. The van der Waals surface area contributed by atoms with Gasteiger partial charge in [-0.25, -0.2) is 15.0 Å². The summed E-state index contributed by atoms with van der Waals surface area (Å²) in [5.41, 5.74) is 6.46. The molecule has 0 radical (unpaired) electrons. The summed E-state index contributed by atoms with van der Waals surface area (Å²) in [6.07, 6.45) is 21.2. The van der Waals surface area contributed by atoms with Crippen molar-refractivity contribution < 1.29 is 75.9 Å². The third-order valence-electron chi connectivity index (χ3n) is 19.2. The van der Waals surface area contributed by atoms with E-state index in [1.807, 2.05) is 63.2 Å². The molecule has 25 nitrogen and oxygen atoms in total. The summed E-state index contributed by atoms with van der Waals surface area (Å²) in [4.78, 5) is 56.0. The number of rotatable bonds is 29. The van der Waals surface area contributed by atoms with Gasteiger partial charge in [0.05, 0.1) is 32.9 Å². The summed E-state index contributed by atoms with van der Waals surface area (Å²) in [6, 6.07) is 15.4. The van der Waals surface area contributed by atoms with E-state index in [4.69, 9.17) is 9.97 Å². The number of carboxylic acid groups (broad SMARTS) is 1. The van der Waals surface area contributed by atoms with Crippen LogP contribution in [-0.2, 0) is 80.3 Å². The number of anilines is 2. The first kappa shape index (κ1) is 75.0. The highest BCUT2D eigenvalue weighted by molar-refractivity contribution is 7.87. The first-order valence-corrected chi connectivity index (χ1v) is 39.3. The standard InChI is InChI=1S/C72H83N9O16S4/c1-8-80-59-28-25-53-55(36-51(98(86,87)88)38-61(53)100(92,93)94)67(59)71(4,5)63(80)30-23-45(24-31-64-72(6,7)68-56-37-52(99(89,90)91)39-62(101(95,96)97)54(56)26-29-60(68)81(64)9-2)57-27-22-48(40-77-57)70(85)74-32-16-12-15-21-65(82)78-41-49-34-47-19-17-33-73-69(47)79-58(49)20-14-11-10-13-18-46(35-66(83)84)50-42-75-44(3)76-43-50/h22-31,34,36-40,42-43,46H,8-21,32-33,35,41H2,1-7H3,(H7-,73,74,78,79,82,83,84,85,86,87,88,89,90,91,92,93,94,95,96,97)/p+1/t46-/m0/s1. The molecule has 0 spiro atoms. The van der Waals surface area contributed by atoms with Crippen molar-refractivity contribution >= 4 is 108 Å². The van der Waals surface area contributed by atoms with Crippen LogP contribution in [0.25, 0.3) is 27.1 Å². The molecule has 8 N–H and O–H groups in total. The number of carbonyl (C=O) groups excluding carboxylic acids is 2. The van der Waals surface area contributed by atoms with E-state index >= 15 is 0 Å². The average molecular weight is 1460 g/mol. The van der Waals surface area contributed by atoms with Crippen molar-refractivity contribution in [1.29, 1.82) is 0 Å². The first-order valence-electron chi connectivity index (χ1n) is 33.5. The fraction of sp³-hybridized carbons (Fsp3) is 0.389. The van der Waals surface area contributed by atoms with E-state index in [0.29, 0.717) is 109 Å². The molecule has 1 atom stereocenters. The van der Waals surface area contributed by atoms with E-state index < -0.39 is 76.9 Å². The van der Waals surface area contributed by atoms with Crippen molar-refractivity contribution in [3.63, 3.8) is 0 Å². The number of nitrogens with zero attached hydrogens (tertiary/aromatic N) is 6. The third kappa shape index (κ3) is 16.6. The van der Waals surface area contributed by atoms with Crippen LogP contribution in [0, 0.1) is 6.92 Å². The van der Waals surface area contributed by atoms with Gasteiger partial charge in [0.25, 0.3) is 46.4 Å². The number of amides is 2. The number of aromatic nitrogens is 4. The first-order chi connectivity index (χ1) is 47.6. The van der Waals surface area contributed by atoms with Gasteiger partial charge in [0.2, 0.25) is 11.6 Å². The number of hydrogen-bond acceptors (Lipinski definition) is 17. The fourth-order valence-corrected chi connectivity index (χ4v) is 16.9. The molecule has 0 saturated heterocycles. The Kier molecular flexibility index (Phi) is 22.4. The maximum atomic E-state index is 13.7. The van der Waals surface area contributed by atoms with E-state index in [0.717, 1.165) is 86.1 Å². The number of likely N-dealkylation sites (N-methyl/N-ethyl adjacent to an activating group) is 1. The Balaban J connectivity index is 0.842. The molecule has 0 saturated carbocycles. The summed E-state index contributed by atoms with van der Waals surface area (Å²) in [5, 5.41) is 19.4. The Morgan fingerprint density at radius 2 is 1.36 bits per heavy atom. The Hall–Kier alpha value is -8.68. The van der Waals surface area contributed by atoms with Crippen LogP contribution in [0.2, 0.25) is 0 Å². The number of carbonyl (C=O) groups is 3. The van der Waals surface area contributed by atoms with Crippen molar-refractivity contribution in [1.82, 2.24) is 30.6 Å². The molecule has 4 aromatic carbocycles. The van der Waals surface area contributed by atoms with Gasteiger partial charge in [-0.15, -0.1) is 0 Å². The topological polar surface area (TPSA) is 383 Å². The minimum atomic E-state index is -5.02. The lowest BCUT2D eigenvalue weighted by Crippen LogP contribution is -2.28. The van der Waals surface area contributed by atoms with E-state index in [2.05, 4.69) is 32.0 Å². The SMILES string of the molecule is CCN1/C(=C/C=C(/C=C/C2=[N+](CC)c3ccc4c(S(=O)(=O)O)cc(S(=O)(=O)O)cc4c3C2(C)C)c2ccc(C(=O)NCCCCCC(=O)NCc3cc4c(nc3CCCCCC[C@@H](CC(=O)O)c3cnc(C)nc3)NCCC4)cn2)C(C)(C)c2c1ccc1c(S(=O)(=O)O)cc(S(=O)(=O)O)cc21. The minimum absolute atomic E-state index is 0.0173. The van der Waals surface area contributed by atoms with Crippen molar-refractivity contribution in [2.24, 2.45) is 0 Å². The van der Waals surface area contributed by atoms with Gasteiger partial charge in [-0.2, -0.15) is 38.2 Å². The van der Waals surface area contributed by atoms with Gasteiger partial charge < -0.3 is 26.0 Å². The van der Waals surface area contributed by atoms with Crippen molar-refractivity contribution in [2.45, 2.75) is 175 Å². The van der Waals surface area contributed by atoms with Gasteiger partial charge in [0, 0.05) is 108 Å². The van der Waals surface area contributed by atoms with Gasteiger partial charge >= 0.3 is 5.97 Å². The number of benzene rings is 4. The number of pyridine rings is 2. The number of aliphatic carboxylic acids is 1. The van der Waals surface area contributed by atoms with Crippen LogP contribution < -0.4 is 20.9 Å². The fourth-order valence-electron chi connectivity index (χ4n) is 14.2. The molecule has 536 valence electrons. The number of carboxylic acids is 1. The smallest absolute Gasteiger partial charge is 0.303 e.